The second-order valence-electron chi connectivity index (χ2n) is 9.26. The van der Waals surface area contributed by atoms with E-state index in [9.17, 15) is 0 Å². The largest absolute Gasteiger partial charge is 0.0888 e. The lowest BCUT2D eigenvalue weighted by atomic mass is 9.81. The fourth-order valence-electron chi connectivity index (χ4n) is 5.59. The first-order valence-electron chi connectivity index (χ1n) is 11.7. The summed E-state index contributed by atoms with van der Waals surface area (Å²) >= 11 is 0. The molecule has 25 heavy (non-hydrogen) atoms. The van der Waals surface area contributed by atoms with Crippen molar-refractivity contribution in [2.24, 2.45) is 29.1 Å². The molecular weight excluding hydrogens is 300 g/mol. The van der Waals surface area contributed by atoms with Crippen LogP contribution < -0.4 is 0 Å². The van der Waals surface area contributed by atoms with Gasteiger partial charge in [-0.1, -0.05) is 105 Å². The number of hydrogen-bond acceptors (Lipinski definition) is 0. The van der Waals surface area contributed by atoms with Gasteiger partial charge in [0.25, 0.3) is 0 Å². The Morgan fingerprint density at radius 3 is 2.20 bits per heavy atom. The minimum absolute atomic E-state index is 0.679. The van der Waals surface area contributed by atoms with E-state index in [1.807, 2.05) is 0 Å². The highest BCUT2D eigenvalue weighted by molar-refractivity contribution is 5.11. The fraction of sp³-hybridized carbons (Fsp3) is 0.920. The predicted molar refractivity (Wildman–Crippen MR) is 115 cm³/mol. The Balaban J connectivity index is 2.53. The summed E-state index contributed by atoms with van der Waals surface area (Å²) in [6, 6.07) is 0. The number of unbranched alkanes of at least 4 members (excludes halogenated alkanes) is 5. The van der Waals surface area contributed by atoms with Crippen LogP contribution >= 0.6 is 0 Å². The Bertz CT molecular complexity index is 355. The van der Waals surface area contributed by atoms with E-state index in [4.69, 9.17) is 0 Å². The highest BCUT2D eigenvalue weighted by atomic mass is 14.7. The summed E-state index contributed by atoms with van der Waals surface area (Å²) in [5, 5.41) is 0. The van der Waals surface area contributed by atoms with Gasteiger partial charge in [0.2, 0.25) is 0 Å². The first-order valence-corrected chi connectivity index (χ1v) is 11.7. The van der Waals surface area contributed by atoms with Crippen molar-refractivity contribution < 1.29 is 0 Å². The van der Waals surface area contributed by atoms with Gasteiger partial charge in [-0.3, -0.25) is 0 Å². The van der Waals surface area contributed by atoms with Crippen LogP contribution in [0.3, 0.4) is 0 Å². The smallest absolute Gasteiger partial charge is 0.0233 e. The van der Waals surface area contributed by atoms with Gasteiger partial charge in [-0.2, -0.15) is 0 Å². The molecule has 5 atom stereocenters. The number of rotatable bonds is 15. The fourth-order valence-corrected chi connectivity index (χ4v) is 5.59. The van der Waals surface area contributed by atoms with E-state index in [1.54, 1.807) is 0 Å². The third-order valence-corrected chi connectivity index (χ3v) is 7.05. The third kappa shape index (κ3) is 7.10. The lowest BCUT2D eigenvalue weighted by molar-refractivity contribution is 0.265. The van der Waals surface area contributed by atoms with Crippen molar-refractivity contribution in [2.75, 3.05) is 0 Å². The maximum atomic E-state index is 2.56. The van der Waals surface area contributed by atoms with Crippen molar-refractivity contribution in [1.82, 2.24) is 0 Å². The third-order valence-electron chi connectivity index (χ3n) is 7.05. The summed E-state index contributed by atoms with van der Waals surface area (Å²) in [5.41, 5.74) is 0.679. The zero-order valence-electron chi connectivity index (χ0n) is 18.4. The standard InChI is InChI=1S/C25H48/c1-7-10-13-14-16-17-21(4)20-25(19-12-9-3)23(6)24(25)22(5)18-15-11-8-2/h11,15,21-24H,7-10,12-14,16-20H2,1-6H3. The van der Waals surface area contributed by atoms with E-state index in [-0.39, 0.29) is 0 Å². The van der Waals surface area contributed by atoms with Crippen LogP contribution in [-0.2, 0) is 0 Å². The first kappa shape index (κ1) is 22.8. The number of hydrogen-bond donors (Lipinski definition) is 0. The summed E-state index contributed by atoms with van der Waals surface area (Å²) in [7, 11) is 0. The normalized spacial score (nSPS) is 28.4. The second-order valence-corrected chi connectivity index (χ2v) is 9.26. The molecule has 0 aromatic heterocycles. The topological polar surface area (TPSA) is 0 Å². The Morgan fingerprint density at radius 1 is 0.880 bits per heavy atom. The van der Waals surface area contributed by atoms with Gasteiger partial charge in [-0.15, -0.1) is 0 Å². The van der Waals surface area contributed by atoms with Gasteiger partial charge in [0.1, 0.15) is 0 Å². The summed E-state index contributed by atoms with van der Waals surface area (Å²) in [4.78, 5) is 0. The van der Waals surface area contributed by atoms with Gasteiger partial charge >= 0.3 is 0 Å². The van der Waals surface area contributed by atoms with Crippen LogP contribution in [0.15, 0.2) is 12.2 Å². The quantitative estimate of drug-likeness (QED) is 0.205. The molecule has 148 valence electrons. The molecule has 0 amide bonds. The lowest BCUT2D eigenvalue weighted by Crippen LogP contribution is -2.14. The lowest BCUT2D eigenvalue weighted by Gasteiger charge is -2.24. The number of allylic oxidation sites excluding steroid dienone is 2. The molecule has 1 aliphatic rings. The molecule has 0 spiro atoms. The molecule has 1 fully saturated rings. The Labute approximate surface area is 160 Å². The van der Waals surface area contributed by atoms with Crippen LogP contribution in [0.1, 0.15) is 119 Å². The molecule has 0 N–H and O–H groups in total. The molecule has 0 saturated heterocycles. The van der Waals surface area contributed by atoms with Crippen molar-refractivity contribution in [3.8, 4) is 0 Å². The molecule has 1 rings (SSSR count). The summed E-state index contributed by atoms with van der Waals surface area (Å²) in [5.74, 6) is 3.71. The van der Waals surface area contributed by atoms with Gasteiger partial charge in [0.15, 0.2) is 0 Å². The van der Waals surface area contributed by atoms with Gasteiger partial charge in [0, 0.05) is 0 Å². The predicted octanol–water partition coefficient (Wildman–Crippen LogP) is 8.81. The van der Waals surface area contributed by atoms with Gasteiger partial charge in [-0.25, -0.2) is 0 Å². The average molecular weight is 349 g/mol. The van der Waals surface area contributed by atoms with E-state index in [2.05, 4.69) is 53.7 Å². The highest BCUT2D eigenvalue weighted by Crippen LogP contribution is 2.68. The first-order chi connectivity index (χ1) is 12.0. The van der Waals surface area contributed by atoms with Crippen LogP contribution in [0, 0.1) is 29.1 Å². The van der Waals surface area contributed by atoms with Crippen LogP contribution in [0.4, 0.5) is 0 Å². The average Bonchev–Trinajstić information content (AvgIpc) is 3.16. The van der Waals surface area contributed by atoms with Crippen molar-refractivity contribution >= 4 is 0 Å². The zero-order chi connectivity index (χ0) is 18.7. The van der Waals surface area contributed by atoms with Crippen molar-refractivity contribution in [2.45, 2.75) is 119 Å². The van der Waals surface area contributed by atoms with Gasteiger partial charge in [-0.05, 0) is 54.8 Å². The maximum Gasteiger partial charge on any atom is -0.0233 e. The van der Waals surface area contributed by atoms with E-state index in [1.165, 1.54) is 77.0 Å². The summed E-state index contributed by atoms with van der Waals surface area (Å²) in [6.45, 7) is 14.5. The SMILES string of the molecule is CCC=CCC(C)C1C(C)C1(CCCC)CC(C)CCCCCCC. The molecule has 0 aromatic carbocycles. The molecule has 0 bridgehead atoms. The van der Waals surface area contributed by atoms with Crippen molar-refractivity contribution in [3.05, 3.63) is 12.2 Å². The molecule has 1 saturated carbocycles. The molecule has 0 heterocycles. The van der Waals surface area contributed by atoms with Crippen LogP contribution in [0.5, 0.6) is 0 Å². The van der Waals surface area contributed by atoms with Crippen LogP contribution in [0.2, 0.25) is 0 Å². The molecule has 1 aliphatic carbocycles. The molecule has 0 heteroatoms. The van der Waals surface area contributed by atoms with E-state index in [0.29, 0.717) is 5.41 Å². The summed E-state index contributed by atoms with van der Waals surface area (Å²) in [6.07, 6.45) is 21.7. The zero-order valence-corrected chi connectivity index (χ0v) is 18.4. The highest BCUT2D eigenvalue weighted by Gasteiger charge is 2.61. The molecule has 0 radical (unpaired) electrons. The van der Waals surface area contributed by atoms with Crippen molar-refractivity contribution in [1.29, 1.82) is 0 Å². The Morgan fingerprint density at radius 2 is 1.56 bits per heavy atom. The summed E-state index contributed by atoms with van der Waals surface area (Å²) < 4.78 is 0. The molecule has 5 unspecified atom stereocenters. The van der Waals surface area contributed by atoms with E-state index in [0.717, 1.165) is 23.7 Å². The molecular formula is C25H48. The molecule has 0 nitrogen and oxygen atoms in total. The van der Waals surface area contributed by atoms with E-state index >= 15 is 0 Å². The monoisotopic (exact) mass is 348 g/mol. The Hall–Kier alpha value is -0.260. The Kier molecular flexibility index (Phi) is 11.1. The van der Waals surface area contributed by atoms with Gasteiger partial charge < -0.3 is 0 Å². The van der Waals surface area contributed by atoms with Crippen LogP contribution in [-0.4, -0.2) is 0 Å². The van der Waals surface area contributed by atoms with Crippen LogP contribution in [0.25, 0.3) is 0 Å². The second kappa shape index (κ2) is 12.2. The van der Waals surface area contributed by atoms with Gasteiger partial charge in [0.05, 0.1) is 0 Å². The molecule has 0 aromatic rings. The maximum absolute atomic E-state index is 2.56. The van der Waals surface area contributed by atoms with E-state index < -0.39 is 0 Å². The van der Waals surface area contributed by atoms with Crippen molar-refractivity contribution in [3.63, 3.8) is 0 Å². The minimum atomic E-state index is 0.679. The minimum Gasteiger partial charge on any atom is -0.0888 e. The molecule has 0 aliphatic heterocycles.